The molecule has 0 unspecified atom stereocenters. The molecule has 0 saturated heterocycles. The summed E-state index contributed by atoms with van der Waals surface area (Å²) in [6.45, 7) is 4.00. The molecule has 3 aromatic heterocycles. The lowest BCUT2D eigenvalue weighted by molar-refractivity contribution is -0.115. The van der Waals surface area contributed by atoms with Crippen molar-refractivity contribution in [2.75, 3.05) is 5.32 Å². The summed E-state index contributed by atoms with van der Waals surface area (Å²) in [4.78, 5) is 21.8. The molecule has 0 aliphatic heterocycles. The Bertz CT molecular complexity index is 1420. The zero-order chi connectivity index (χ0) is 22.1. The second-order valence-electron chi connectivity index (χ2n) is 7.65. The topological polar surface area (TPSA) is 80.9 Å². The lowest BCUT2D eigenvalue weighted by atomic mass is 10.1. The van der Waals surface area contributed by atoms with Gasteiger partial charge in [0, 0.05) is 28.2 Å². The first kappa shape index (κ1) is 20.1. The molecule has 158 valence electrons. The Morgan fingerprint density at radius 1 is 1.06 bits per heavy atom. The lowest BCUT2D eigenvalue weighted by Gasteiger charge is -2.06. The van der Waals surface area contributed by atoms with Gasteiger partial charge in [-0.3, -0.25) is 9.78 Å². The fraction of sp³-hybridized carbons (Fsp3) is 0.120. The first-order chi connectivity index (χ1) is 15.6. The summed E-state index contributed by atoms with van der Waals surface area (Å²) in [5.41, 5.74) is 6.83. The maximum atomic E-state index is 12.7. The number of hydrogen-bond donors (Lipinski definition) is 1. The number of amides is 1. The summed E-state index contributed by atoms with van der Waals surface area (Å²) in [5, 5.41) is 10.8. The quantitative estimate of drug-likeness (QED) is 0.373. The number of benzene rings is 2. The zero-order valence-electron chi connectivity index (χ0n) is 17.6. The van der Waals surface area contributed by atoms with Gasteiger partial charge in [0.1, 0.15) is 10.7 Å². The number of hydrogen-bond acceptors (Lipinski definition) is 6. The van der Waals surface area contributed by atoms with Crippen molar-refractivity contribution in [1.82, 2.24) is 15.1 Å². The number of anilines is 1. The molecule has 0 saturated carbocycles. The van der Waals surface area contributed by atoms with Crippen molar-refractivity contribution in [3.63, 3.8) is 0 Å². The van der Waals surface area contributed by atoms with Gasteiger partial charge in [-0.1, -0.05) is 29.4 Å². The van der Waals surface area contributed by atoms with Crippen molar-refractivity contribution in [2.45, 2.75) is 20.3 Å². The maximum Gasteiger partial charge on any atom is 0.230 e. The van der Waals surface area contributed by atoms with Crippen LogP contribution in [0.15, 0.2) is 70.7 Å². The highest BCUT2D eigenvalue weighted by Gasteiger charge is 2.15. The van der Waals surface area contributed by atoms with Gasteiger partial charge in [0.25, 0.3) is 0 Å². The minimum absolute atomic E-state index is 0.140. The molecular weight excluding hydrogens is 420 g/mol. The average molecular weight is 441 g/mol. The number of rotatable bonds is 5. The molecule has 0 radical (unpaired) electrons. The Hall–Kier alpha value is -3.84. The Kier molecular flexibility index (Phi) is 5.25. The van der Waals surface area contributed by atoms with Crippen LogP contribution in [0.4, 0.5) is 5.69 Å². The number of aromatic nitrogens is 3. The molecule has 0 aliphatic rings. The number of nitrogens with one attached hydrogen (secondary N) is 1. The van der Waals surface area contributed by atoms with Crippen LogP contribution < -0.4 is 5.32 Å². The smallest absolute Gasteiger partial charge is 0.230 e. The van der Waals surface area contributed by atoms with E-state index in [0.29, 0.717) is 11.4 Å². The average Bonchev–Trinajstić information content (AvgIpc) is 3.43. The van der Waals surface area contributed by atoms with Gasteiger partial charge < -0.3 is 9.84 Å². The van der Waals surface area contributed by atoms with Gasteiger partial charge in [-0.25, -0.2) is 4.98 Å². The van der Waals surface area contributed by atoms with Gasteiger partial charge in [0.15, 0.2) is 5.58 Å². The van der Waals surface area contributed by atoms with Crippen molar-refractivity contribution >= 4 is 33.9 Å². The second-order valence-corrected chi connectivity index (χ2v) is 8.50. The van der Waals surface area contributed by atoms with Crippen LogP contribution in [-0.2, 0) is 11.2 Å². The molecule has 0 spiro atoms. The van der Waals surface area contributed by atoms with E-state index in [1.165, 1.54) is 0 Å². The second kappa shape index (κ2) is 8.36. The van der Waals surface area contributed by atoms with Crippen molar-refractivity contribution in [2.24, 2.45) is 0 Å². The number of carbonyl (C=O) groups excluding carboxylic acids is 1. The highest BCUT2D eigenvalue weighted by molar-refractivity contribution is 7.13. The first-order valence-electron chi connectivity index (χ1n) is 10.2. The molecule has 1 N–H and O–H groups in total. The van der Waals surface area contributed by atoms with Gasteiger partial charge in [-0.05, 0) is 55.3 Å². The van der Waals surface area contributed by atoms with Crippen LogP contribution in [0.1, 0.15) is 16.8 Å². The fourth-order valence-electron chi connectivity index (χ4n) is 3.69. The van der Waals surface area contributed by atoms with Crippen LogP contribution >= 0.6 is 11.3 Å². The van der Waals surface area contributed by atoms with E-state index in [0.717, 1.165) is 44.1 Å². The third kappa shape index (κ3) is 4.02. The van der Waals surface area contributed by atoms with E-state index in [4.69, 9.17) is 9.51 Å². The number of nitrogens with zero attached hydrogens (tertiary/aromatic N) is 3. The number of thiazole rings is 1. The van der Waals surface area contributed by atoms with E-state index < -0.39 is 0 Å². The largest absolute Gasteiger partial charge is 0.356 e. The van der Waals surface area contributed by atoms with E-state index in [1.54, 1.807) is 17.5 Å². The van der Waals surface area contributed by atoms with E-state index >= 15 is 0 Å². The Morgan fingerprint density at radius 3 is 2.81 bits per heavy atom. The van der Waals surface area contributed by atoms with Crippen LogP contribution in [0.25, 0.3) is 32.9 Å². The third-order valence-electron chi connectivity index (χ3n) is 5.14. The summed E-state index contributed by atoms with van der Waals surface area (Å²) in [6.07, 6.45) is 1.90. The predicted molar refractivity (Wildman–Crippen MR) is 127 cm³/mol. The highest BCUT2D eigenvalue weighted by Crippen LogP contribution is 2.29. The number of fused-ring (bicyclic) bond motifs is 1. The minimum atomic E-state index is -0.149. The monoisotopic (exact) mass is 440 g/mol. The molecule has 2 aromatic carbocycles. The number of aryl methyl sites for hydroxylation is 2. The fourth-order valence-corrected chi connectivity index (χ4v) is 4.50. The number of pyridine rings is 1. The maximum absolute atomic E-state index is 12.7. The van der Waals surface area contributed by atoms with Crippen LogP contribution in [0.3, 0.4) is 0 Å². The molecule has 6 nitrogen and oxygen atoms in total. The summed E-state index contributed by atoms with van der Waals surface area (Å²) >= 11 is 1.54. The lowest BCUT2D eigenvalue weighted by Crippen LogP contribution is -2.14. The SMILES string of the molecule is Cc1cc(C)c2onc(CC(=O)Nc3cccc(-c4csc(-c5ccccn5)n4)c3)c2c1. The van der Waals surface area contributed by atoms with Crippen molar-refractivity contribution in [3.05, 3.63) is 83.0 Å². The minimum Gasteiger partial charge on any atom is -0.356 e. The van der Waals surface area contributed by atoms with Crippen molar-refractivity contribution in [1.29, 1.82) is 0 Å². The van der Waals surface area contributed by atoms with Crippen molar-refractivity contribution < 1.29 is 9.32 Å². The molecule has 5 aromatic rings. The highest BCUT2D eigenvalue weighted by atomic mass is 32.1. The standard InChI is InChI=1S/C25H20N4O2S/c1-15-10-16(2)24-19(11-15)21(29-31-24)13-23(30)27-18-7-5-6-17(12-18)22-14-32-25(28-22)20-8-3-4-9-26-20/h3-12,14H,13H2,1-2H3,(H,27,30). The van der Waals surface area contributed by atoms with Gasteiger partial charge >= 0.3 is 0 Å². The van der Waals surface area contributed by atoms with Crippen molar-refractivity contribution in [3.8, 4) is 22.0 Å². The molecule has 5 rings (SSSR count). The summed E-state index contributed by atoms with van der Waals surface area (Å²) < 4.78 is 5.46. The molecule has 0 bridgehead atoms. The molecule has 0 fully saturated rings. The van der Waals surface area contributed by atoms with E-state index in [-0.39, 0.29) is 12.3 Å². The normalized spacial score (nSPS) is 11.1. The van der Waals surface area contributed by atoms with E-state index in [2.05, 4.69) is 15.5 Å². The predicted octanol–water partition coefficient (Wildman–Crippen LogP) is 5.81. The summed E-state index contributed by atoms with van der Waals surface area (Å²) in [5.74, 6) is -0.149. The van der Waals surface area contributed by atoms with E-state index in [9.17, 15) is 4.79 Å². The Morgan fingerprint density at radius 2 is 1.97 bits per heavy atom. The Labute approximate surface area is 189 Å². The summed E-state index contributed by atoms with van der Waals surface area (Å²) in [7, 11) is 0. The van der Waals surface area contributed by atoms with Gasteiger partial charge in [-0.2, -0.15) is 0 Å². The zero-order valence-corrected chi connectivity index (χ0v) is 18.4. The van der Waals surface area contributed by atoms with E-state index in [1.807, 2.05) is 73.8 Å². The third-order valence-corrected chi connectivity index (χ3v) is 6.00. The van der Waals surface area contributed by atoms with Gasteiger partial charge in [0.05, 0.1) is 17.8 Å². The molecular formula is C25H20N4O2S. The van der Waals surface area contributed by atoms with Gasteiger partial charge in [0.2, 0.25) is 5.91 Å². The van der Waals surface area contributed by atoms with Crippen LogP contribution in [0.5, 0.6) is 0 Å². The molecule has 1 amide bonds. The molecule has 0 atom stereocenters. The van der Waals surface area contributed by atoms with Crippen LogP contribution in [0, 0.1) is 13.8 Å². The molecule has 32 heavy (non-hydrogen) atoms. The van der Waals surface area contributed by atoms with Crippen LogP contribution in [-0.4, -0.2) is 21.0 Å². The number of carbonyl (C=O) groups is 1. The first-order valence-corrected chi connectivity index (χ1v) is 11.1. The molecule has 7 heteroatoms. The molecule has 3 heterocycles. The van der Waals surface area contributed by atoms with Gasteiger partial charge in [-0.15, -0.1) is 11.3 Å². The summed E-state index contributed by atoms with van der Waals surface area (Å²) in [6, 6.07) is 17.5. The van der Waals surface area contributed by atoms with Crippen LogP contribution in [0.2, 0.25) is 0 Å². The Balaban J connectivity index is 1.33. The molecule has 0 aliphatic carbocycles.